The Morgan fingerprint density at radius 2 is 1.72 bits per heavy atom. The zero-order valence-electron chi connectivity index (χ0n) is 19.1. The molecule has 32 heavy (non-hydrogen) atoms. The van der Waals surface area contributed by atoms with Crippen molar-refractivity contribution in [3.8, 4) is 32.3 Å². The summed E-state index contributed by atoms with van der Waals surface area (Å²) in [5, 5.41) is 11.8. The lowest BCUT2D eigenvalue weighted by Crippen LogP contribution is -2.11. The number of aromatic nitrogens is 4. The smallest absolute Gasteiger partial charge is 0.214 e. The van der Waals surface area contributed by atoms with Crippen LogP contribution in [-0.4, -0.2) is 20.3 Å². The molecule has 2 N–H and O–H groups in total. The van der Waals surface area contributed by atoms with E-state index >= 15 is 0 Å². The van der Waals surface area contributed by atoms with Gasteiger partial charge in [-0.3, -0.25) is 0 Å². The van der Waals surface area contributed by atoms with Crippen LogP contribution >= 0.6 is 11.3 Å². The minimum absolute atomic E-state index is 0.605. The van der Waals surface area contributed by atoms with E-state index in [2.05, 4.69) is 84.8 Å². The van der Waals surface area contributed by atoms with Crippen LogP contribution in [0.5, 0.6) is 0 Å². The average molecular weight is 446 g/mol. The average Bonchev–Trinajstić information content (AvgIpc) is 3.39. The Hall–Kier alpha value is -2.99. The number of nitrogens with two attached hydrogens (primary N) is 1. The van der Waals surface area contributed by atoms with Crippen LogP contribution < -0.4 is 5.84 Å². The number of rotatable bonds is 9. The molecule has 0 aliphatic carbocycles. The molecule has 4 aromatic rings. The van der Waals surface area contributed by atoms with Crippen molar-refractivity contribution in [3.63, 3.8) is 0 Å². The van der Waals surface area contributed by atoms with Crippen LogP contribution in [-0.2, 0) is 12.8 Å². The molecule has 2 aromatic carbocycles. The van der Waals surface area contributed by atoms with Crippen molar-refractivity contribution in [3.05, 3.63) is 65.2 Å². The standard InChI is InChI=1S/C26H31N5S/c1-4-6-11-19-12-10-15-21(17-19)23-18(3)24(26-28-29-30-31(26)27)32-25(23)22-16-9-8-14-20(22)13-7-5-2/h8-10,12,14-17H,4-7,11,13,27H2,1-3H3. The van der Waals surface area contributed by atoms with Crippen molar-refractivity contribution in [2.45, 2.75) is 59.3 Å². The molecule has 0 fully saturated rings. The third-order valence-electron chi connectivity index (χ3n) is 5.94. The lowest BCUT2D eigenvalue weighted by molar-refractivity contribution is 0.760. The zero-order chi connectivity index (χ0) is 22.5. The molecule has 0 atom stereocenters. The molecule has 0 aliphatic heterocycles. The van der Waals surface area contributed by atoms with Gasteiger partial charge in [-0.1, -0.05) is 75.2 Å². The summed E-state index contributed by atoms with van der Waals surface area (Å²) in [6, 6.07) is 17.8. The molecule has 0 amide bonds. The first kappa shape index (κ1) is 22.2. The second-order valence-corrected chi connectivity index (χ2v) is 9.29. The fraction of sp³-hybridized carbons (Fsp3) is 0.346. The number of aryl methyl sites for hydroxylation is 2. The molecule has 2 aromatic heterocycles. The third kappa shape index (κ3) is 4.46. The van der Waals surface area contributed by atoms with Gasteiger partial charge in [0.15, 0.2) is 0 Å². The quantitative estimate of drug-likeness (QED) is 0.301. The Balaban J connectivity index is 1.92. The fourth-order valence-corrected chi connectivity index (χ4v) is 5.56. The summed E-state index contributed by atoms with van der Waals surface area (Å²) in [5.41, 5.74) is 7.74. The van der Waals surface area contributed by atoms with Crippen LogP contribution in [0, 0.1) is 6.92 Å². The molecule has 0 spiro atoms. The molecule has 2 heterocycles. The zero-order valence-corrected chi connectivity index (χ0v) is 20.0. The van der Waals surface area contributed by atoms with Gasteiger partial charge in [-0.25, -0.2) is 0 Å². The first-order valence-corrected chi connectivity index (χ1v) is 12.3. The van der Waals surface area contributed by atoms with Crippen molar-refractivity contribution >= 4 is 11.3 Å². The molecule has 4 rings (SSSR count). The van der Waals surface area contributed by atoms with E-state index in [1.54, 1.807) is 11.3 Å². The molecule has 5 nitrogen and oxygen atoms in total. The minimum Gasteiger partial charge on any atom is -0.320 e. The Morgan fingerprint density at radius 1 is 0.938 bits per heavy atom. The molecule has 0 radical (unpaired) electrons. The molecule has 6 heteroatoms. The van der Waals surface area contributed by atoms with Crippen molar-refractivity contribution in [2.75, 3.05) is 5.84 Å². The topological polar surface area (TPSA) is 69.6 Å². The molecule has 0 bridgehead atoms. The maximum atomic E-state index is 6.04. The van der Waals surface area contributed by atoms with Crippen molar-refractivity contribution in [1.82, 2.24) is 20.3 Å². The molecular weight excluding hydrogens is 414 g/mol. The van der Waals surface area contributed by atoms with E-state index in [4.69, 9.17) is 5.84 Å². The second kappa shape index (κ2) is 10.1. The van der Waals surface area contributed by atoms with E-state index in [0.29, 0.717) is 5.82 Å². The van der Waals surface area contributed by atoms with Gasteiger partial charge in [-0.05, 0) is 70.9 Å². The predicted octanol–water partition coefficient (Wildman–Crippen LogP) is 6.44. The van der Waals surface area contributed by atoms with E-state index in [-0.39, 0.29) is 0 Å². The highest BCUT2D eigenvalue weighted by molar-refractivity contribution is 7.19. The van der Waals surface area contributed by atoms with Gasteiger partial charge in [0.1, 0.15) is 0 Å². The number of hydrogen-bond acceptors (Lipinski definition) is 5. The predicted molar refractivity (Wildman–Crippen MR) is 134 cm³/mol. The van der Waals surface area contributed by atoms with Crippen LogP contribution in [0.4, 0.5) is 0 Å². The summed E-state index contributed by atoms with van der Waals surface area (Å²) >= 11 is 1.73. The van der Waals surface area contributed by atoms with Crippen LogP contribution in [0.3, 0.4) is 0 Å². The Kier molecular flexibility index (Phi) is 7.00. The summed E-state index contributed by atoms with van der Waals surface area (Å²) in [6.07, 6.45) is 6.93. The molecule has 0 unspecified atom stereocenters. The van der Waals surface area contributed by atoms with Crippen LogP contribution in [0.1, 0.15) is 56.2 Å². The first-order chi connectivity index (χ1) is 15.6. The highest BCUT2D eigenvalue weighted by Gasteiger charge is 2.23. The van der Waals surface area contributed by atoms with Gasteiger partial charge in [-0.2, -0.15) is 0 Å². The largest absolute Gasteiger partial charge is 0.320 e. The Bertz CT molecular complexity index is 1190. The van der Waals surface area contributed by atoms with E-state index in [1.165, 1.54) is 68.7 Å². The van der Waals surface area contributed by atoms with Crippen LogP contribution in [0.25, 0.3) is 32.3 Å². The highest BCUT2D eigenvalue weighted by Crippen LogP contribution is 2.47. The summed E-state index contributed by atoms with van der Waals surface area (Å²) in [4.78, 5) is 3.55. The number of thiophene rings is 1. The van der Waals surface area contributed by atoms with Gasteiger partial charge in [0, 0.05) is 10.4 Å². The second-order valence-electron chi connectivity index (χ2n) is 8.27. The number of benzene rings is 2. The Labute approximate surface area is 194 Å². The van der Waals surface area contributed by atoms with E-state index in [1.807, 2.05) is 0 Å². The van der Waals surface area contributed by atoms with E-state index < -0.39 is 0 Å². The van der Waals surface area contributed by atoms with E-state index in [9.17, 15) is 0 Å². The van der Waals surface area contributed by atoms with Crippen LogP contribution in [0.2, 0.25) is 0 Å². The van der Waals surface area contributed by atoms with Gasteiger partial charge in [0.2, 0.25) is 5.82 Å². The number of hydrogen-bond donors (Lipinski definition) is 1. The number of unbranched alkanes of at least 4 members (excludes halogenated alkanes) is 2. The van der Waals surface area contributed by atoms with Crippen molar-refractivity contribution in [2.24, 2.45) is 0 Å². The van der Waals surface area contributed by atoms with Gasteiger partial charge in [0.05, 0.1) is 4.88 Å². The molecule has 0 saturated carbocycles. The molecule has 166 valence electrons. The molecular formula is C26H31N5S. The van der Waals surface area contributed by atoms with Crippen molar-refractivity contribution in [1.29, 1.82) is 0 Å². The highest BCUT2D eigenvalue weighted by atomic mass is 32.1. The third-order valence-corrected chi connectivity index (χ3v) is 7.26. The Morgan fingerprint density at radius 3 is 2.47 bits per heavy atom. The summed E-state index contributed by atoms with van der Waals surface area (Å²) in [5.74, 6) is 6.64. The van der Waals surface area contributed by atoms with Crippen molar-refractivity contribution < 1.29 is 0 Å². The maximum Gasteiger partial charge on any atom is 0.214 e. The maximum absolute atomic E-state index is 6.04. The monoisotopic (exact) mass is 445 g/mol. The van der Waals surface area contributed by atoms with Gasteiger partial charge in [-0.15, -0.1) is 21.2 Å². The van der Waals surface area contributed by atoms with Gasteiger partial charge >= 0.3 is 0 Å². The number of tetrazole rings is 1. The normalized spacial score (nSPS) is 11.2. The van der Waals surface area contributed by atoms with Gasteiger partial charge in [0.25, 0.3) is 0 Å². The summed E-state index contributed by atoms with van der Waals surface area (Å²) in [7, 11) is 0. The molecule has 0 saturated heterocycles. The first-order valence-electron chi connectivity index (χ1n) is 11.5. The summed E-state index contributed by atoms with van der Waals surface area (Å²) in [6.45, 7) is 6.64. The van der Waals surface area contributed by atoms with E-state index in [0.717, 1.165) is 17.7 Å². The number of nitrogens with zero attached hydrogens (tertiary/aromatic N) is 4. The lowest BCUT2D eigenvalue weighted by Gasteiger charge is -2.12. The SMILES string of the molecule is CCCCc1cccc(-c2c(-c3ccccc3CCCC)sc(-c3nnnn3N)c2C)c1. The summed E-state index contributed by atoms with van der Waals surface area (Å²) < 4.78 is 0. The van der Waals surface area contributed by atoms with Crippen LogP contribution in [0.15, 0.2) is 48.5 Å². The van der Waals surface area contributed by atoms with Gasteiger partial charge < -0.3 is 5.84 Å². The molecule has 0 aliphatic rings. The number of nitrogen functional groups attached to an aromatic ring is 1. The lowest BCUT2D eigenvalue weighted by atomic mass is 9.93. The fourth-order valence-electron chi connectivity index (χ4n) is 4.20. The minimum atomic E-state index is 0.605.